The van der Waals surface area contributed by atoms with Crippen molar-refractivity contribution >= 4 is 5.91 Å². The van der Waals surface area contributed by atoms with E-state index in [4.69, 9.17) is 13.9 Å². The molecule has 1 saturated heterocycles. The Labute approximate surface area is 240 Å². The van der Waals surface area contributed by atoms with Gasteiger partial charge in [0.25, 0.3) is 5.91 Å². The maximum atomic E-state index is 13.9. The minimum Gasteiger partial charge on any atom is -0.493 e. The van der Waals surface area contributed by atoms with Gasteiger partial charge in [-0.2, -0.15) is 0 Å². The van der Waals surface area contributed by atoms with Crippen molar-refractivity contribution in [2.45, 2.75) is 26.2 Å². The van der Waals surface area contributed by atoms with Crippen LogP contribution in [0, 0.1) is 5.82 Å². The van der Waals surface area contributed by atoms with E-state index in [0.717, 1.165) is 30.8 Å². The van der Waals surface area contributed by atoms with Crippen LogP contribution in [0.5, 0.6) is 11.5 Å². The van der Waals surface area contributed by atoms with Crippen LogP contribution >= 0.6 is 0 Å². The van der Waals surface area contributed by atoms with Crippen molar-refractivity contribution in [1.82, 2.24) is 14.7 Å². The van der Waals surface area contributed by atoms with Crippen LogP contribution in [0.25, 0.3) is 0 Å². The van der Waals surface area contributed by atoms with Gasteiger partial charge in [0.15, 0.2) is 17.3 Å². The molecular formula is C33H36FN3O4. The Morgan fingerprint density at radius 3 is 2.20 bits per heavy atom. The van der Waals surface area contributed by atoms with Gasteiger partial charge in [0.1, 0.15) is 11.6 Å². The lowest BCUT2D eigenvalue weighted by molar-refractivity contribution is 0.0594. The number of amides is 1. The van der Waals surface area contributed by atoms with Gasteiger partial charge in [-0.25, -0.2) is 4.39 Å². The van der Waals surface area contributed by atoms with Crippen LogP contribution in [0.2, 0.25) is 0 Å². The molecule has 0 bridgehead atoms. The number of benzene rings is 3. The molecule has 0 radical (unpaired) electrons. The van der Waals surface area contributed by atoms with Crippen molar-refractivity contribution in [3.05, 3.63) is 119 Å². The maximum Gasteiger partial charge on any atom is 0.289 e. The van der Waals surface area contributed by atoms with Crippen molar-refractivity contribution in [3.8, 4) is 11.5 Å². The third-order valence-electron chi connectivity index (χ3n) is 7.31. The van der Waals surface area contributed by atoms with E-state index in [1.165, 1.54) is 17.7 Å². The van der Waals surface area contributed by atoms with E-state index < -0.39 is 0 Å². The lowest BCUT2D eigenvalue weighted by Gasteiger charge is -2.34. The van der Waals surface area contributed by atoms with Crippen molar-refractivity contribution < 1.29 is 23.1 Å². The number of rotatable bonds is 11. The summed E-state index contributed by atoms with van der Waals surface area (Å²) in [6, 6.07) is 26.4. The number of methoxy groups -OCH3 is 2. The van der Waals surface area contributed by atoms with E-state index in [2.05, 4.69) is 34.1 Å². The average molecular weight is 558 g/mol. The predicted octanol–water partition coefficient (Wildman–Crippen LogP) is 5.60. The minimum atomic E-state index is -0.275. The van der Waals surface area contributed by atoms with E-state index in [1.807, 2.05) is 41.3 Å². The molecule has 41 heavy (non-hydrogen) atoms. The molecule has 7 nitrogen and oxygen atoms in total. The lowest BCUT2D eigenvalue weighted by atomic mass is 10.1. The predicted molar refractivity (Wildman–Crippen MR) is 155 cm³/mol. The van der Waals surface area contributed by atoms with E-state index in [9.17, 15) is 9.18 Å². The SMILES string of the molecule is COc1ccc(CN(Cc2cccc(F)c2)Cc2ccc(C(=O)N3CCN(Cc4ccccc4)CC3)o2)cc1OC. The van der Waals surface area contributed by atoms with Gasteiger partial charge in [0, 0.05) is 45.8 Å². The number of piperazine rings is 1. The summed E-state index contributed by atoms with van der Waals surface area (Å²) in [7, 11) is 3.21. The summed E-state index contributed by atoms with van der Waals surface area (Å²) in [5, 5.41) is 0. The van der Waals surface area contributed by atoms with E-state index in [-0.39, 0.29) is 11.7 Å². The molecule has 0 spiro atoms. The Bertz CT molecular complexity index is 1430. The van der Waals surface area contributed by atoms with Crippen LogP contribution in [0.4, 0.5) is 4.39 Å². The number of hydrogen-bond acceptors (Lipinski definition) is 6. The molecule has 1 aromatic heterocycles. The van der Waals surface area contributed by atoms with E-state index >= 15 is 0 Å². The maximum absolute atomic E-state index is 13.9. The molecule has 214 valence electrons. The highest BCUT2D eigenvalue weighted by atomic mass is 19.1. The fraction of sp³-hybridized carbons (Fsp3) is 0.303. The van der Waals surface area contributed by atoms with E-state index in [0.29, 0.717) is 55.7 Å². The van der Waals surface area contributed by atoms with Gasteiger partial charge < -0.3 is 18.8 Å². The normalized spacial score (nSPS) is 13.9. The van der Waals surface area contributed by atoms with E-state index in [1.54, 1.807) is 26.4 Å². The molecular weight excluding hydrogens is 521 g/mol. The summed E-state index contributed by atoms with van der Waals surface area (Å²) >= 11 is 0. The average Bonchev–Trinajstić information content (AvgIpc) is 3.46. The summed E-state index contributed by atoms with van der Waals surface area (Å²) in [4.78, 5) is 19.6. The van der Waals surface area contributed by atoms with Gasteiger partial charge >= 0.3 is 0 Å². The Morgan fingerprint density at radius 1 is 0.780 bits per heavy atom. The zero-order valence-corrected chi connectivity index (χ0v) is 23.6. The number of ether oxygens (including phenoxy) is 2. The number of carbonyl (C=O) groups is 1. The molecule has 0 unspecified atom stereocenters. The van der Waals surface area contributed by atoms with Gasteiger partial charge in [0.2, 0.25) is 0 Å². The fourth-order valence-corrected chi connectivity index (χ4v) is 5.20. The third-order valence-corrected chi connectivity index (χ3v) is 7.31. The van der Waals surface area contributed by atoms with Crippen LogP contribution in [0.15, 0.2) is 89.3 Å². The second kappa shape index (κ2) is 13.5. The highest BCUT2D eigenvalue weighted by Crippen LogP contribution is 2.29. The van der Waals surface area contributed by atoms with Crippen LogP contribution in [-0.4, -0.2) is 61.0 Å². The van der Waals surface area contributed by atoms with Gasteiger partial charge in [0.05, 0.1) is 20.8 Å². The molecule has 0 N–H and O–H groups in total. The summed E-state index contributed by atoms with van der Waals surface area (Å²) in [6.07, 6.45) is 0. The highest BCUT2D eigenvalue weighted by molar-refractivity contribution is 5.91. The first-order chi connectivity index (χ1) is 20.0. The molecule has 0 atom stereocenters. The first-order valence-electron chi connectivity index (χ1n) is 13.8. The fourth-order valence-electron chi connectivity index (χ4n) is 5.20. The molecule has 0 aliphatic carbocycles. The topological polar surface area (TPSA) is 58.4 Å². The van der Waals surface area contributed by atoms with Gasteiger partial charge in [-0.3, -0.25) is 14.6 Å². The Balaban J connectivity index is 1.24. The van der Waals surface area contributed by atoms with Crippen molar-refractivity contribution in [3.63, 3.8) is 0 Å². The highest BCUT2D eigenvalue weighted by Gasteiger charge is 2.25. The quantitative estimate of drug-likeness (QED) is 0.240. The Kier molecular flexibility index (Phi) is 9.33. The number of hydrogen-bond donors (Lipinski definition) is 0. The smallest absolute Gasteiger partial charge is 0.289 e. The lowest BCUT2D eigenvalue weighted by Crippen LogP contribution is -2.48. The zero-order valence-electron chi connectivity index (χ0n) is 23.6. The minimum absolute atomic E-state index is 0.0906. The monoisotopic (exact) mass is 557 g/mol. The summed E-state index contributed by atoms with van der Waals surface area (Å²) in [5.74, 6) is 1.95. The van der Waals surface area contributed by atoms with Gasteiger partial charge in [-0.15, -0.1) is 0 Å². The molecule has 4 aromatic rings. The van der Waals surface area contributed by atoms with Crippen molar-refractivity contribution in [1.29, 1.82) is 0 Å². The standard InChI is InChI=1S/C33H36FN3O4/c1-39-30-13-11-27(20-32(30)40-2)23-36(22-26-9-6-10-28(34)19-26)24-29-12-14-31(41-29)33(38)37-17-15-35(16-18-37)21-25-7-4-3-5-8-25/h3-14,19-20H,15-18,21-24H2,1-2H3. The Morgan fingerprint density at radius 2 is 1.49 bits per heavy atom. The number of nitrogens with zero attached hydrogens (tertiary/aromatic N) is 3. The first kappa shape index (κ1) is 28.4. The molecule has 8 heteroatoms. The molecule has 1 fully saturated rings. The van der Waals surface area contributed by atoms with Crippen LogP contribution in [0.3, 0.4) is 0 Å². The molecule has 0 saturated carbocycles. The first-order valence-corrected chi connectivity index (χ1v) is 13.8. The number of halogens is 1. The van der Waals surface area contributed by atoms with Gasteiger partial charge in [-0.05, 0) is 53.1 Å². The molecule has 1 aliphatic rings. The number of carbonyl (C=O) groups excluding carboxylic acids is 1. The number of furan rings is 1. The van der Waals surface area contributed by atoms with Crippen LogP contribution in [0.1, 0.15) is 33.0 Å². The van der Waals surface area contributed by atoms with Crippen LogP contribution < -0.4 is 9.47 Å². The summed E-state index contributed by atoms with van der Waals surface area (Å²) < 4.78 is 30.9. The van der Waals surface area contributed by atoms with Crippen molar-refractivity contribution in [2.75, 3.05) is 40.4 Å². The summed E-state index contributed by atoms with van der Waals surface area (Å²) in [6.45, 7) is 5.35. The largest absolute Gasteiger partial charge is 0.493 e. The summed E-state index contributed by atoms with van der Waals surface area (Å²) in [5.41, 5.74) is 3.14. The second-order valence-corrected chi connectivity index (χ2v) is 10.3. The third kappa shape index (κ3) is 7.54. The Hall–Kier alpha value is -4.14. The second-order valence-electron chi connectivity index (χ2n) is 10.3. The molecule has 1 amide bonds. The van der Waals surface area contributed by atoms with Gasteiger partial charge in [-0.1, -0.05) is 48.5 Å². The molecule has 1 aliphatic heterocycles. The molecule has 5 rings (SSSR count). The van der Waals surface area contributed by atoms with Crippen molar-refractivity contribution in [2.24, 2.45) is 0 Å². The zero-order chi connectivity index (χ0) is 28.6. The molecule has 2 heterocycles. The van der Waals surface area contributed by atoms with Crippen LogP contribution in [-0.2, 0) is 26.2 Å². The molecule has 3 aromatic carbocycles.